The lowest BCUT2D eigenvalue weighted by atomic mass is 9.94. The van der Waals surface area contributed by atoms with Crippen LogP contribution in [0.3, 0.4) is 0 Å². The number of rotatable bonds is 4. The van der Waals surface area contributed by atoms with Crippen molar-refractivity contribution in [2.75, 3.05) is 20.1 Å². The summed E-state index contributed by atoms with van der Waals surface area (Å²) in [6, 6.07) is 3.69. The number of nitrogens with one attached hydrogen (secondary N) is 1. The lowest BCUT2D eigenvalue weighted by Gasteiger charge is -2.35. The molecule has 1 aromatic heterocycles. The van der Waals surface area contributed by atoms with Gasteiger partial charge in [0.2, 0.25) is 5.76 Å². The predicted molar refractivity (Wildman–Crippen MR) is 67.6 cm³/mol. The fraction of sp³-hybridized carbons (Fsp3) is 0.615. The number of hydrogen-bond acceptors (Lipinski definition) is 4. The summed E-state index contributed by atoms with van der Waals surface area (Å²) in [7, 11) is 2.14. The van der Waals surface area contributed by atoms with Crippen LogP contribution >= 0.6 is 0 Å². The van der Waals surface area contributed by atoms with Crippen molar-refractivity contribution in [1.82, 2.24) is 10.2 Å². The lowest BCUT2D eigenvalue weighted by Crippen LogP contribution is -2.46. The average Bonchev–Trinajstić information content (AvgIpc) is 2.76. The summed E-state index contributed by atoms with van der Waals surface area (Å²) in [6.07, 6.45) is 1.12. The van der Waals surface area contributed by atoms with Crippen LogP contribution < -0.4 is 5.32 Å². The van der Waals surface area contributed by atoms with Gasteiger partial charge in [0.25, 0.3) is 0 Å². The number of hydrogen-bond donors (Lipinski definition) is 2. The molecule has 2 rings (SSSR count). The number of carboxylic acids is 1. The number of carboxylic acid groups (broad SMARTS) is 1. The fourth-order valence-corrected chi connectivity index (χ4v) is 2.48. The van der Waals surface area contributed by atoms with E-state index >= 15 is 0 Å². The quantitative estimate of drug-likeness (QED) is 0.848. The molecule has 0 bridgehead atoms. The molecule has 5 heteroatoms. The molecular formula is C13H20N2O3. The van der Waals surface area contributed by atoms with Gasteiger partial charge in [0.05, 0.1) is 6.54 Å². The first-order valence-electron chi connectivity index (χ1n) is 6.30. The van der Waals surface area contributed by atoms with Gasteiger partial charge in [-0.3, -0.25) is 0 Å². The smallest absolute Gasteiger partial charge is 0.371 e. The average molecular weight is 252 g/mol. The number of piperidine rings is 1. The molecule has 2 heterocycles. The van der Waals surface area contributed by atoms with Gasteiger partial charge in [-0.2, -0.15) is 0 Å². The van der Waals surface area contributed by atoms with E-state index in [9.17, 15) is 4.79 Å². The highest BCUT2D eigenvalue weighted by Gasteiger charge is 2.23. The molecule has 1 saturated heterocycles. The highest BCUT2D eigenvalue weighted by molar-refractivity contribution is 5.84. The van der Waals surface area contributed by atoms with Crippen molar-refractivity contribution >= 4 is 5.97 Å². The second kappa shape index (κ2) is 5.54. The van der Waals surface area contributed by atoms with E-state index in [-0.39, 0.29) is 5.76 Å². The molecule has 1 aliphatic heterocycles. The Hall–Kier alpha value is -1.33. The predicted octanol–water partition coefficient (Wildman–Crippen LogP) is 1.41. The molecule has 100 valence electrons. The second-order valence-electron chi connectivity index (χ2n) is 5.09. The SMILES string of the molecule is CC1CN(C)CCC1NCc1ccc(C(=O)O)o1. The number of aromatic carboxylic acids is 1. The molecule has 1 aromatic rings. The minimum Gasteiger partial charge on any atom is -0.475 e. The molecule has 0 spiro atoms. The van der Waals surface area contributed by atoms with Gasteiger partial charge >= 0.3 is 5.97 Å². The molecule has 2 N–H and O–H groups in total. The molecule has 5 nitrogen and oxygen atoms in total. The third-order valence-corrected chi connectivity index (χ3v) is 3.52. The molecule has 0 saturated carbocycles. The van der Waals surface area contributed by atoms with Crippen molar-refractivity contribution in [3.63, 3.8) is 0 Å². The van der Waals surface area contributed by atoms with E-state index in [1.54, 1.807) is 6.07 Å². The van der Waals surface area contributed by atoms with Gasteiger partial charge in [0, 0.05) is 12.6 Å². The van der Waals surface area contributed by atoms with Crippen molar-refractivity contribution in [3.8, 4) is 0 Å². The summed E-state index contributed by atoms with van der Waals surface area (Å²) in [5.41, 5.74) is 0. The van der Waals surface area contributed by atoms with E-state index in [2.05, 4.69) is 24.2 Å². The first kappa shape index (κ1) is 13.1. The van der Waals surface area contributed by atoms with Gasteiger partial charge in [-0.05, 0) is 38.1 Å². The largest absolute Gasteiger partial charge is 0.475 e. The van der Waals surface area contributed by atoms with E-state index in [1.165, 1.54) is 6.07 Å². The van der Waals surface area contributed by atoms with Crippen LogP contribution in [0.2, 0.25) is 0 Å². The molecule has 0 aromatic carbocycles. The van der Waals surface area contributed by atoms with Crippen LogP contribution in [0.4, 0.5) is 0 Å². The van der Waals surface area contributed by atoms with Gasteiger partial charge in [0.1, 0.15) is 5.76 Å². The summed E-state index contributed by atoms with van der Waals surface area (Å²) in [5, 5.41) is 12.2. The van der Waals surface area contributed by atoms with Crippen LogP contribution in [-0.4, -0.2) is 42.2 Å². The van der Waals surface area contributed by atoms with Crippen molar-refractivity contribution in [2.24, 2.45) is 5.92 Å². The standard InChI is InChI=1S/C13H20N2O3/c1-9-8-15(2)6-5-11(9)14-7-10-3-4-12(18-10)13(16)17/h3-4,9,11,14H,5-8H2,1-2H3,(H,16,17). The van der Waals surface area contributed by atoms with Crippen molar-refractivity contribution in [2.45, 2.75) is 25.9 Å². The van der Waals surface area contributed by atoms with Crippen molar-refractivity contribution < 1.29 is 14.3 Å². The van der Waals surface area contributed by atoms with Gasteiger partial charge in [-0.15, -0.1) is 0 Å². The third-order valence-electron chi connectivity index (χ3n) is 3.52. The summed E-state index contributed by atoms with van der Waals surface area (Å²) in [6.45, 7) is 5.01. The van der Waals surface area contributed by atoms with Gasteiger partial charge in [-0.1, -0.05) is 6.92 Å². The summed E-state index contributed by atoms with van der Waals surface area (Å²) in [5.74, 6) is 0.258. The van der Waals surface area contributed by atoms with E-state index in [4.69, 9.17) is 9.52 Å². The van der Waals surface area contributed by atoms with Crippen LogP contribution in [0.25, 0.3) is 0 Å². The van der Waals surface area contributed by atoms with E-state index in [0.717, 1.165) is 19.5 Å². The Balaban J connectivity index is 1.85. The number of furan rings is 1. The number of carbonyl (C=O) groups is 1. The normalized spacial score (nSPS) is 25.2. The molecule has 2 unspecified atom stereocenters. The molecule has 1 aliphatic rings. The number of nitrogens with zero attached hydrogens (tertiary/aromatic N) is 1. The van der Waals surface area contributed by atoms with Crippen molar-refractivity contribution in [1.29, 1.82) is 0 Å². The summed E-state index contributed by atoms with van der Waals surface area (Å²) in [4.78, 5) is 13.0. The molecule has 2 atom stereocenters. The molecule has 0 aliphatic carbocycles. The maximum absolute atomic E-state index is 10.7. The first-order valence-corrected chi connectivity index (χ1v) is 6.30. The minimum absolute atomic E-state index is 0.00299. The molecular weight excluding hydrogens is 232 g/mol. The monoisotopic (exact) mass is 252 g/mol. The zero-order valence-corrected chi connectivity index (χ0v) is 10.8. The van der Waals surface area contributed by atoms with Gasteiger partial charge in [-0.25, -0.2) is 4.79 Å². The van der Waals surface area contributed by atoms with Crippen LogP contribution in [-0.2, 0) is 6.54 Å². The molecule has 18 heavy (non-hydrogen) atoms. The summed E-state index contributed by atoms with van der Waals surface area (Å²) >= 11 is 0. The third kappa shape index (κ3) is 3.11. The van der Waals surface area contributed by atoms with E-state index in [1.807, 2.05) is 0 Å². The Morgan fingerprint density at radius 3 is 3.00 bits per heavy atom. The minimum atomic E-state index is -1.02. The van der Waals surface area contributed by atoms with Crippen LogP contribution in [0, 0.1) is 5.92 Å². The Bertz CT molecular complexity index is 416. The lowest BCUT2D eigenvalue weighted by molar-refractivity contribution is 0.0660. The second-order valence-corrected chi connectivity index (χ2v) is 5.09. The van der Waals surface area contributed by atoms with Crippen molar-refractivity contribution in [3.05, 3.63) is 23.7 Å². The summed E-state index contributed by atoms with van der Waals surface area (Å²) < 4.78 is 5.22. The Morgan fingerprint density at radius 2 is 2.39 bits per heavy atom. The van der Waals surface area contributed by atoms with Gasteiger partial charge < -0.3 is 19.7 Å². The molecule has 0 amide bonds. The molecule has 1 fully saturated rings. The topological polar surface area (TPSA) is 65.7 Å². The number of likely N-dealkylation sites (tertiary alicyclic amines) is 1. The molecule has 0 radical (unpaired) electrons. The van der Waals surface area contributed by atoms with E-state index in [0.29, 0.717) is 24.3 Å². The Labute approximate surface area is 107 Å². The van der Waals surface area contributed by atoms with Crippen LogP contribution in [0.5, 0.6) is 0 Å². The maximum Gasteiger partial charge on any atom is 0.371 e. The first-order chi connectivity index (χ1) is 8.56. The fourth-order valence-electron chi connectivity index (χ4n) is 2.48. The Morgan fingerprint density at radius 1 is 1.61 bits per heavy atom. The zero-order valence-electron chi connectivity index (χ0n) is 10.8. The van der Waals surface area contributed by atoms with Gasteiger partial charge in [0.15, 0.2) is 0 Å². The van der Waals surface area contributed by atoms with E-state index < -0.39 is 5.97 Å². The van der Waals surface area contributed by atoms with Crippen LogP contribution in [0.15, 0.2) is 16.5 Å². The Kier molecular flexibility index (Phi) is 4.04. The highest BCUT2D eigenvalue weighted by Crippen LogP contribution is 2.16. The maximum atomic E-state index is 10.7. The van der Waals surface area contributed by atoms with Crippen LogP contribution in [0.1, 0.15) is 29.7 Å². The highest BCUT2D eigenvalue weighted by atomic mass is 16.4. The zero-order chi connectivity index (χ0) is 13.1.